The summed E-state index contributed by atoms with van der Waals surface area (Å²) in [5, 5.41) is 10.2. The van der Waals surface area contributed by atoms with E-state index in [9.17, 15) is 5.26 Å². The number of ether oxygens (including phenoxy) is 2. The second kappa shape index (κ2) is 15.9. The summed E-state index contributed by atoms with van der Waals surface area (Å²) in [5.41, 5.74) is 13.7. The molecule has 8 aromatic carbocycles. The van der Waals surface area contributed by atoms with E-state index in [0.29, 0.717) is 17.0 Å². The molecule has 0 N–H and O–H groups in total. The number of nitriles is 1. The zero-order valence-corrected chi connectivity index (χ0v) is 35.1. The molecule has 0 atom stereocenters. The molecule has 0 amide bonds. The van der Waals surface area contributed by atoms with Crippen LogP contribution in [-0.2, 0) is 0 Å². The molecule has 0 bridgehead atoms. The number of anilines is 10. The van der Waals surface area contributed by atoms with Crippen LogP contribution in [0.25, 0.3) is 22.5 Å². The van der Waals surface area contributed by atoms with Gasteiger partial charge in [-0.2, -0.15) is 5.26 Å². The molecule has 0 saturated carbocycles. The summed E-state index contributed by atoms with van der Waals surface area (Å²) in [4.78, 5) is 13.9. The molecule has 0 unspecified atom stereocenters. The Morgan fingerprint density at radius 1 is 0.406 bits per heavy atom. The van der Waals surface area contributed by atoms with E-state index in [1.54, 1.807) is 0 Å². The number of rotatable bonds is 8. The van der Waals surface area contributed by atoms with Gasteiger partial charge in [0, 0.05) is 71.5 Å². The first-order valence-corrected chi connectivity index (χ1v) is 21.1. The van der Waals surface area contributed by atoms with E-state index in [-0.39, 0.29) is 0 Å². The standard InChI is InChI=1S/C56H40N6O2/c1-59(41-13-5-3-6-14-41)45-29-31-51-55(35-45)63-53-19-11-9-17-49(53)61(51)43-25-21-39(22-26-43)47-33-38(37-57)34-48(58-47)40-23-27-44(28-24-40)62-50-18-10-12-20-54(50)64-56-36-46(30-32-52(56)62)60(2)42-15-7-4-8-16-42/h3-36H,1-2H3. The lowest BCUT2D eigenvalue weighted by atomic mass is 10.0. The van der Waals surface area contributed by atoms with E-state index < -0.39 is 0 Å². The molecule has 8 nitrogen and oxygen atoms in total. The van der Waals surface area contributed by atoms with Gasteiger partial charge in [0.2, 0.25) is 0 Å². The number of aromatic nitrogens is 1. The number of para-hydroxylation sites is 6. The van der Waals surface area contributed by atoms with Gasteiger partial charge in [0.15, 0.2) is 23.0 Å². The van der Waals surface area contributed by atoms with Crippen LogP contribution in [0.5, 0.6) is 23.0 Å². The van der Waals surface area contributed by atoms with Crippen molar-refractivity contribution < 1.29 is 9.47 Å². The Hall–Kier alpha value is -8.80. The van der Waals surface area contributed by atoms with Gasteiger partial charge in [0.25, 0.3) is 0 Å². The molecule has 2 aliphatic rings. The number of hydrogen-bond acceptors (Lipinski definition) is 8. The van der Waals surface area contributed by atoms with Gasteiger partial charge in [0.05, 0.1) is 45.8 Å². The van der Waals surface area contributed by atoms with Crippen LogP contribution in [0.3, 0.4) is 0 Å². The van der Waals surface area contributed by atoms with Crippen LogP contribution in [0.1, 0.15) is 5.56 Å². The topological polar surface area (TPSA) is 68.1 Å². The zero-order valence-electron chi connectivity index (χ0n) is 35.1. The maximum Gasteiger partial charge on any atom is 0.153 e. The van der Waals surface area contributed by atoms with Gasteiger partial charge in [-0.15, -0.1) is 0 Å². The van der Waals surface area contributed by atoms with Crippen molar-refractivity contribution in [1.82, 2.24) is 4.98 Å². The molecular formula is C56H40N6O2. The molecule has 3 heterocycles. The van der Waals surface area contributed by atoms with Crippen LogP contribution in [0.2, 0.25) is 0 Å². The fraction of sp³-hybridized carbons (Fsp3) is 0.0357. The third-order valence-electron chi connectivity index (χ3n) is 11.9. The van der Waals surface area contributed by atoms with Crippen molar-refractivity contribution >= 4 is 56.9 Å². The van der Waals surface area contributed by atoms with Crippen LogP contribution >= 0.6 is 0 Å². The molecule has 306 valence electrons. The highest BCUT2D eigenvalue weighted by Crippen LogP contribution is 2.53. The fourth-order valence-electron chi connectivity index (χ4n) is 8.52. The van der Waals surface area contributed by atoms with Crippen LogP contribution in [-0.4, -0.2) is 19.1 Å². The molecule has 1 aromatic heterocycles. The number of hydrogen-bond donors (Lipinski definition) is 0. The molecule has 0 saturated heterocycles. The second-order valence-corrected chi connectivity index (χ2v) is 15.7. The number of fused-ring (bicyclic) bond motifs is 4. The molecular weight excluding hydrogens is 789 g/mol. The predicted molar refractivity (Wildman–Crippen MR) is 258 cm³/mol. The number of pyridine rings is 1. The Kier molecular flexibility index (Phi) is 9.48. The van der Waals surface area contributed by atoms with Crippen molar-refractivity contribution in [3.8, 4) is 51.6 Å². The van der Waals surface area contributed by atoms with E-state index in [1.807, 2.05) is 84.9 Å². The number of nitrogens with zero attached hydrogens (tertiary/aromatic N) is 6. The van der Waals surface area contributed by atoms with Crippen LogP contribution in [0.15, 0.2) is 206 Å². The Morgan fingerprint density at radius 3 is 1.22 bits per heavy atom. The van der Waals surface area contributed by atoms with Crippen LogP contribution in [0.4, 0.5) is 56.9 Å². The molecule has 11 rings (SSSR count). The van der Waals surface area contributed by atoms with Gasteiger partial charge in [-0.25, -0.2) is 4.98 Å². The minimum atomic E-state index is 0.535. The predicted octanol–water partition coefficient (Wildman–Crippen LogP) is 15.0. The quantitative estimate of drug-likeness (QED) is 0.150. The number of benzene rings is 8. The summed E-state index contributed by atoms with van der Waals surface area (Å²) in [7, 11) is 4.12. The van der Waals surface area contributed by atoms with E-state index >= 15 is 0 Å². The highest BCUT2D eigenvalue weighted by molar-refractivity contribution is 5.90. The van der Waals surface area contributed by atoms with E-state index in [4.69, 9.17) is 14.5 Å². The Labute approximate surface area is 372 Å². The Balaban J connectivity index is 0.895. The minimum Gasteiger partial charge on any atom is -0.453 e. The van der Waals surface area contributed by atoms with Crippen molar-refractivity contribution in [2.75, 3.05) is 33.7 Å². The summed E-state index contributed by atoms with van der Waals surface area (Å²) in [6, 6.07) is 72.1. The summed E-state index contributed by atoms with van der Waals surface area (Å²) >= 11 is 0. The summed E-state index contributed by atoms with van der Waals surface area (Å²) in [6.07, 6.45) is 0. The van der Waals surface area contributed by atoms with Crippen LogP contribution in [0, 0.1) is 11.3 Å². The minimum absolute atomic E-state index is 0.535. The molecule has 9 aromatic rings. The maximum atomic E-state index is 10.2. The fourth-order valence-corrected chi connectivity index (χ4v) is 8.52. The molecule has 0 fully saturated rings. The van der Waals surface area contributed by atoms with Crippen molar-refractivity contribution in [3.05, 3.63) is 212 Å². The lowest BCUT2D eigenvalue weighted by Gasteiger charge is -2.33. The van der Waals surface area contributed by atoms with Crippen molar-refractivity contribution in [3.63, 3.8) is 0 Å². The first-order chi connectivity index (χ1) is 31.5. The smallest absolute Gasteiger partial charge is 0.153 e. The highest BCUT2D eigenvalue weighted by Gasteiger charge is 2.28. The van der Waals surface area contributed by atoms with Crippen molar-refractivity contribution in [2.45, 2.75) is 0 Å². The van der Waals surface area contributed by atoms with Crippen LogP contribution < -0.4 is 29.1 Å². The molecule has 64 heavy (non-hydrogen) atoms. The second-order valence-electron chi connectivity index (χ2n) is 15.7. The lowest BCUT2D eigenvalue weighted by Crippen LogP contribution is -2.16. The average molecular weight is 829 g/mol. The zero-order chi connectivity index (χ0) is 43.1. The average Bonchev–Trinajstić information content (AvgIpc) is 3.37. The molecule has 2 aliphatic heterocycles. The maximum absolute atomic E-state index is 10.2. The van der Waals surface area contributed by atoms with Crippen molar-refractivity contribution in [1.29, 1.82) is 5.26 Å². The molecule has 0 aliphatic carbocycles. The first kappa shape index (κ1) is 38.1. The molecule has 0 spiro atoms. The van der Waals surface area contributed by atoms with Gasteiger partial charge >= 0.3 is 0 Å². The third-order valence-corrected chi connectivity index (χ3v) is 11.9. The van der Waals surface area contributed by atoms with E-state index in [0.717, 1.165) is 91.0 Å². The Morgan fingerprint density at radius 2 is 0.797 bits per heavy atom. The lowest BCUT2D eigenvalue weighted by molar-refractivity contribution is 0.477. The highest BCUT2D eigenvalue weighted by atomic mass is 16.5. The molecule has 0 radical (unpaired) electrons. The summed E-state index contributed by atoms with van der Waals surface area (Å²) in [5.74, 6) is 3.09. The van der Waals surface area contributed by atoms with E-state index in [2.05, 4.69) is 161 Å². The van der Waals surface area contributed by atoms with Gasteiger partial charge in [0.1, 0.15) is 0 Å². The largest absolute Gasteiger partial charge is 0.453 e. The normalized spacial score (nSPS) is 12.1. The van der Waals surface area contributed by atoms with Gasteiger partial charge < -0.3 is 29.1 Å². The SMILES string of the molecule is CN(c1ccccc1)c1ccc2c(c1)Oc1ccccc1N2c1ccc(-c2cc(C#N)cc(-c3ccc(N4c5ccccc5Oc5cc(N(C)c6ccccc6)ccc54)cc3)n2)cc1. The van der Waals surface area contributed by atoms with E-state index in [1.165, 1.54) is 0 Å². The first-order valence-electron chi connectivity index (χ1n) is 21.1. The van der Waals surface area contributed by atoms with Gasteiger partial charge in [-0.1, -0.05) is 84.9 Å². The van der Waals surface area contributed by atoms with Gasteiger partial charge in [-0.3, -0.25) is 0 Å². The van der Waals surface area contributed by atoms with Crippen molar-refractivity contribution in [2.24, 2.45) is 0 Å². The Bertz CT molecular complexity index is 3010. The molecule has 8 heteroatoms. The monoisotopic (exact) mass is 828 g/mol. The summed E-state index contributed by atoms with van der Waals surface area (Å²) in [6.45, 7) is 0. The third kappa shape index (κ3) is 6.88. The summed E-state index contributed by atoms with van der Waals surface area (Å²) < 4.78 is 13.0. The van der Waals surface area contributed by atoms with Gasteiger partial charge in [-0.05, 0) is 109 Å².